The average Bonchev–Trinajstić information content (AvgIpc) is 2.20. The predicted octanol–water partition coefficient (Wildman–Crippen LogP) is 1.41. The maximum atomic E-state index is 13.2. The van der Waals surface area contributed by atoms with Gasteiger partial charge in [-0.05, 0) is 11.6 Å². The molecule has 1 aromatic rings. The molecule has 0 saturated carbocycles. The highest BCUT2D eigenvalue weighted by Gasteiger charge is 2.13. The highest BCUT2D eigenvalue weighted by atomic mass is 19.2. The van der Waals surface area contributed by atoms with Crippen molar-refractivity contribution in [1.29, 1.82) is 0 Å². The highest BCUT2D eigenvalue weighted by Crippen LogP contribution is 2.22. The first kappa shape index (κ1) is 10.9. The fraction of sp³-hybridized carbons (Fsp3) is 0.333. The van der Waals surface area contributed by atoms with Gasteiger partial charge in [0.15, 0.2) is 11.6 Å². The normalized spacial score (nSPS) is 10.3. The highest BCUT2D eigenvalue weighted by molar-refractivity contribution is 5.31. The van der Waals surface area contributed by atoms with E-state index in [-0.39, 0.29) is 24.3 Å². The van der Waals surface area contributed by atoms with E-state index >= 15 is 0 Å². The van der Waals surface area contributed by atoms with E-state index < -0.39 is 11.6 Å². The van der Waals surface area contributed by atoms with Gasteiger partial charge < -0.3 is 9.57 Å². The van der Waals surface area contributed by atoms with Crippen molar-refractivity contribution in [1.82, 2.24) is 0 Å². The lowest BCUT2D eigenvalue weighted by atomic mass is 10.1. The molecule has 3 nitrogen and oxygen atoms in total. The molecular formula is C9H11F2NO2. The Hall–Kier alpha value is -1.20. The molecule has 0 aromatic heterocycles. The summed E-state index contributed by atoms with van der Waals surface area (Å²) in [7, 11) is 1.28. The zero-order chi connectivity index (χ0) is 10.6. The molecule has 0 bridgehead atoms. The summed E-state index contributed by atoms with van der Waals surface area (Å²) in [6.45, 7) is 0.142. The second kappa shape index (κ2) is 4.88. The molecule has 1 rings (SSSR count). The van der Waals surface area contributed by atoms with E-state index in [0.29, 0.717) is 0 Å². The number of hydrogen-bond acceptors (Lipinski definition) is 3. The summed E-state index contributed by atoms with van der Waals surface area (Å²) in [4.78, 5) is 4.28. The fourth-order valence-corrected chi connectivity index (χ4v) is 1.09. The van der Waals surface area contributed by atoms with E-state index in [1.807, 2.05) is 0 Å². The van der Waals surface area contributed by atoms with Crippen LogP contribution in [-0.2, 0) is 11.3 Å². The van der Waals surface area contributed by atoms with E-state index in [1.54, 1.807) is 0 Å². The SMILES string of the molecule is COc1ccc(CCON)c(F)c1F. The van der Waals surface area contributed by atoms with Gasteiger partial charge in [0.05, 0.1) is 13.7 Å². The van der Waals surface area contributed by atoms with Crippen LogP contribution in [0.15, 0.2) is 12.1 Å². The summed E-state index contributed by atoms with van der Waals surface area (Å²) in [6, 6.07) is 2.81. The van der Waals surface area contributed by atoms with Gasteiger partial charge in [-0.25, -0.2) is 10.3 Å². The van der Waals surface area contributed by atoms with Crippen LogP contribution in [0.1, 0.15) is 5.56 Å². The van der Waals surface area contributed by atoms with E-state index in [1.165, 1.54) is 19.2 Å². The topological polar surface area (TPSA) is 44.5 Å². The second-order valence-electron chi connectivity index (χ2n) is 2.68. The van der Waals surface area contributed by atoms with Crippen LogP contribution in [-0.4, -0.2) is 13.7 Å². The molecule has 5 heteroatoms. The van der Waals surface area contributed by atoms with Gasteiger partial charge in [0, 0.05) is 6.42 Å². The van der Waals surface area contributed by atoms with E-state index in [0.717, 1.165) is 0 Å². The molecule has 0 aliphatic carbocycles. The summed E-state index contributed by atoms with van der Waals surface area (Å²) in [6.07, 6.45) is 0.225. The molecule has 0 heterocycles. The molecule has 0 saturated heterocycles. The van der Waals surface area contributed by atoms with Gasteiger partial charge in [-0.1, -0.05) is 6.07 Å². The largest absolute Gasteiger partial charge is 0.494 e. The van der Waals surface area contributed by atoms with Gasteiger partial charge in [0.2, 0.25) is 5.82 Å². The van der Waals surface area contributed by atoms with Crippen LogP contribution in [0.4, 0.5) is 8.78 Å². The van der Waals surface area contributed by atoms with E-state index in [9.17, 15) is 8.78 Å². The Morgan fingerprint density at radius 2 is 2.00 bits per heavy atom. The number of rotatable bonds is 4. The van der Waals surface area contributed by atoms with Crippen molar-refractivity contribution < 1.29 is 18.4 Å². The molecule has 0 spiro atoms. The molecular weight excluding hydrogens is 192 g/mol. The molecule has 1 aromatic carbocycles. The summed E-state index contributed by atoms with van der Waals surface area (Å²) >= 11 is 0. The maximum absolute atomic E-state index is 13.2. The Bertz CT molecular complexity index is 318. The molecule has 78 valence electrons. The lowest BCUT2D eigenvalue weighted by Gasteiger charge is -2.06. The van der Waals surface area contributed by atoms with E-state index in [4.69, 9.17) is 5.90 Å². The number of ether oxygens (including phenoxy) is 1. The molecule has 0 unspecified atom stereocenters. The molecule has 14 heavy (non-hydrogen) atoms. The summed E-state index contributed by atoms with van der Waals surface area (Å²) in [5, 5.41) is 0. The molecule has 0 fully saturated rings. The maximum Gasteiger partial charge on any atom is 0.200 e. The van der Waals surface area contributed by atoms with Crippen molar-refractivity contribution in [2.75, 3.05) is 13.7 Å². The minimum atomic E-state index is -0.984. The van der Waals surface area contributed by atoms with E-state index in [2.05, 4.69) is 9.57 Å². The third-order valence-electron chi connectivity index (χ3n) is 1.84. The summed E-state index contributed by atoms with van der Waals surface area (Å²) in [5.74, 6) is 2.77. The van der Waals surface area contributed by atoms with Crippen molar-refractivity contribution in [3.05, 3.63) is 29.3 Å². The average molecular weight is 203 g/mol. The number of hydrogen-bond donors (Lipinski definition) is 1. The number of methoxy groups -OCH3 is 1. The van der Waals surface area contributed by atoms with Crippen LogP contribution in [0.3, 0.4) is 0 Å². The first-order valence-electron chi connectivity index (χ1n) is 4.03. The lowest BCUT2D eigenvalue weighted by molar-refractivity contribution is 0.140. The van der Waals surface area contributed by atoms with Gasteiger partial charge >= 0.3 is 0 Å². The van der Waals surface area contributed by atoms with Crippen LogP contribution >= 0.6 is 0 Å². The third-order valence-corrected chi connectivity index (χ3v) is 1.84. The van der Waals surface area contributed by atoms with Crippen molar-refractivity contribution in [2.45, 2.75) is 6.42 Å². The van der Waals surface area contributed by atoms with Crippen LogP contribution in [0, 0.1) is 11.6 Å². The van der Waals surface area contributed by atoms with Gasteiger partial charge in [-0.15, -0.1) is 0 Å². The van der Waals surface area contributed by atoms with Crippen molar-refractivity contribution in [3.63, 3.8) is 0 Å². The predicted molar refractivity (Wildman–Crippen MR) is 46.8 cm³/mol. The van der Waals surface area contributed by atoms with Gasteiger partial charge in [0.25, 0.3) is 0 Å². The zero-order valence-corrected chi connectivity index (χ0v) is 7.72. The zero-order valence-electron chi connectivity index (χ0n) is 7.72. The number of nitrogens with two attached hydrogens (primary N) is 1. The standard InChI is InChI=1S/C9H11F2NO2/c1-13-7-3-2-6(4-5-14-12)8(10)9(7)11/h2-3H,4-5,12H2,1H3. The Morgan fingerprint density at radius 1 is 1.29 bits per heavy atom. The Kier molecular flexibility index (Phi) is 3.79. The number of benzene rings is 1. The van der Waals surface area contributed by atoms with Crippen molar-refractivity contribution >= 4 is 0 Å². The van der Waals surface area contributed by atoms with Crippen LogP contribution in [0.25, 0.3) is 0 Å². The number of halogens is 2. The quantitative estimate of drug-likeness (QED) is 0.752. The Balaban J connectivity index is 2.92. The minimum Gasteiger partial charge on any atom is -0.494 e. The van der Waals surface area contributed by atoms with Crippen LogP contribution < -0.4 is 10.6 Å². The minimum absolute atomic E-state index is 0.111. The molecule has 0 aliphatic heterocycles. The molecule has 0 aliphatic rings. The van der Waals surface area contributed by atoms with Crippen molar-refractivity contribution in [2.24, 2.45) is 5.90 Å². The first-order valence-corrected chi connectivity index (χ1v) is 4.03. The molecule has 0 amide bonds. The lowest BCUT2D eigenvalue weighted by Crippen LogP contribution is -2.06. The molecule has 2 N–H and O–H groups in total. The Morgan fingerprint density at radius 3 is 2.57 bits per heavy atom. The Labute approximate surface area is 80.4 Å². The summed E-state index contributed by atoms with van der Waals surface area (Å²) in [5.41, 5.74) is 0.216. The van der Waals surface area contributed by atoms with Crippen LogP contribution in [0.2, 0.25) is 0 Å². The molecule has 0 radical (unpaired) electrons. The first-order chi connectivity index (χ1) is 6.70. The van der Waals surface area contributed by atoms with Gasteiger partial charge in [0.1, 0.15) is 0 Å². The molecule has 0 atom stereocenters. The smallest absolute Gasteiger partial charge is 0.200 e. The third kappa shape index (κ3) is 2.18. The monoisotopic (exact) mass is 203 g/mol. The van der Waals surface area contributed by atoms with Crippen LogP contribution in [0.5, 0.6) is 5.75 Å². The van der Waals surface area contributed by atoms with Gasteiger partial charge in [-0.2, -0.15) is 4.39 Å². The fourth-order valence-electron chi connectivity index (χ4n) is 1.09. The second-order valence-corrected chi connectivity index (χ2v) is 2.68. The van der Waals surface area contributed by atoms with Gasteiger partial charge in [-0.3, -0.25) is 0 Å². The summed E-state index contributed by atoms with van der Waals surface area (Å²) < 4.78 is 31.0. The van der Waals surface area contributed by atoms with Crippen molar-refractivity contribution in [3.8, 4) is 5.75 Å².